The fourth-order valence-electron chi connectivity index (χ4n) is 3.06. The van der Waals surface area contributed by atoms with E-state index in [1.165, 1.54) is 5.56 Å². The standard InChI is InChI=1S/C18H18N2O3/c21-18(20-9-7-13-3-1-2-4-16(13)20)14-5-6-17(19-11-14)23-15-8-10-22-12-15/h1-6,11,15H,7-10,12H2/t15-/m0/s1. The van der Waals surface area contributed by atoms with E-state index in [-0.39, 0.29) is 12.0 Å². The molecule has 2 aliphatic rings. The van der Waals surface area contributed by atoms with Crippen molar-refractivity contribution in [2.45, 2.75) is 18.9 Å². The summed E-state index contributed by atoms with van der Waals surface area (Å²) in [7, 11) is 0. The summed E-state index contributed by atoms with van der Waals surface area (Å²) in [6, 6.07) is 11.6. The molecule has 5 nitrogen and oxygen atoms in total. The van der Waals surface area contributed by atoms with Crippen LogP contribution in [0, 0.1) is 0 Å². The highest BCUT2D eigenvalue weighted by molar-refractivity contribution is 6.07. The maximum absolute atomic E-state index is 12.7. The number of carbonyl (C=O) groups excluding carboxylic acids is 1. The van der Waals surface area contributed by atoms with Crippen molar-refractivity contribution in [1.82, 2.24) is 4.98 Å². The molecule has 0 radical (unpaired) electrons. The van der Waals surface area contributed by atoms with E-state index in [1.807, 2.05) is 23.1 Å². The topological polar surface area (TPSA) is 51.7 Å². The third-order valence-corrected chi connectivity index (χ3v) is 4.29. The van der Waals surface area contributed by atoms with Gasteiger partial charge in [-0.3, -0.25) is 4.79 Å². The monoisotopic (exact) mass is 310 g/mol. The highest BCUT2D eigenvalue weighted by Gasteiger charge is 2.25. The minimum absolute atomic E-state index is 0.0156. The molecule has 1 saturated heterocycles. The lowest BCUT2D eigenvalue weighted by Crippen LogP contribution is -2.29. The van der Waals surface area contributed by atoms with Gasteiger partial charge in [0.15, 0.2) is 0 Å². The SMILES string of the molecule is O=C(c1ccc(O[C@H]2CCOC2)nc1)N1CCc2ccccc21. The van der Waals surface area contributed by atoms with Crippen LogP contribution in [0.5, 0.6) is 5.88 Å². The van der Waals surface area contributed by atoms with Crippen LogP contribution >= 0.6 is 0 Å². The van der Waals surface area contributed by atoms with E-state index in [9.17, 15) is 4.79 Å². The molecule has 1 aromatic heterocycles. The van der Waals surface area contributed by atoms with Crippen LogP contribution in [0.1, 0.15) is 22.3 Å². The summed E-state index contributed by atoms with van der Waals surface area (Å²) in [4.78, 5) is 18.8. The first-order valence-corrected chi connectivity index (χ1v) is 7.91. The van der Waals surface area contributed by atoms with Crippen molar-refractivity contribution in [2.75, 3.05) is 24.7 Å². The molecule has 0 unspecified atom stereocenters. The van der Waals surface area contributed by atoms with Crippen LogP contribution in [-0.2, 0) is 11.2 Å². The Morgan fingerprint density at radius 2 is 2.17 bits per heavy atom. The molecule has 1 fully saturated rings. The van der Waals surface area contributed by atoms with Gasteiger partial charge in [0, 0.05) is 30.9 Å². The van der Waals surface area contributed by atoms with Gasteiger partial charge >= 0.3 is 0 Å². The lowest BCUT2D eigenvalue weighted by atomic mass is 10.2. The van der Waals surface area contributed by atoms with Crippen molar-refractivity contribution in [1.29, 1.82) is 0 Å². The zero-order chi connectivity index (χ0) is 15.6. The molecule has 2 aliphatic heterocycles. The van der Waals surface area contributed by atoms with Crippen molar-refractivity contribution in [3.05, 3.63) is 53.7 Å². The van der Waals surface area contributed by atoms with Crippen LogP contribution < -0.4 is 9.64 Å². The van der Waals surface area contributed by atoms with Crippen LogP contribution in [0.4, 0.5) is 5.69 Å². The van der Waals surface area contributed by atoms with Crippen molar-refractivity contribution in [3.63, 3.8) is 0 Å². The highest BCUT2D eigenvalue weighted by atomic mass is 16.5. The molecule has 3 heterocycles. The van der Waals surface area contributed by atoms with Crippen molar-refractivity contribution in [2.24, 2.45) is 0 Å². The Morgan fingerprint density at radius 3 is 2.96 bits per heavy atom. The van der Waals surface area contributed by atoms with E-state index in [0.29, 0.717) is 18.1 Å². The number of pyridine rings is 1. The number of hydrogen-bond donors (Lipinski definition) is 0. The molecular formula is C18H18N2O3. The molecule has 2 aromatic rings. The number of ether oxygens (including phenoxy) is 2. The molecule has 1 aromatic carbocycles. The van der Waals surface area contributed by atoms with Gasteiger partial charge in [0.05, 0.1) is 18.8 Å². The second kappa shape index (κ2) is 6.01. The van der Waals surface area contributed by atoms with E-state index in [0.717, 1.165) is 31.7 Å². The zero-order valence-electron chi connectivity index (χ0n) is 12.8. The Hall–Kier alpha value is -2.40. The number of carbonyl (C=O) groups is 1. The second-order valence-corrected chi connectivity index (χ2v) is 5.82. The molecule has 0 saturated carbocycles. The Morgan fingerprint density at radius 1 is 1.26 bits per heavy atom. The Kier molecular flexibility index (Phi) is 3.71. The summed E-state index contributed by atoms with van der Waals surface area (Å²) in [5, 5.41) is 0. The number of rotatable bonds is 3. The molecule has 1 atom stereocenters. The minimum Gasteiger partial charge on any atom is -0.472 e. The molecular weight excluding hydrogens is 292 g/mol. The first-order valence-electron chi connectivity index (χ1n) is 7.91. The normalized spacial score (nSPS) is 19.7. The summed E-state index contributed by atoms with van der Waals surface area (Å²) in [5.74, 6) is 0.525. The third-order valence-electron chi connectivity index (χ3n) is 4.29. The number of fused-ring (bicyclic) bond motifs is 1. The molecule has 23 heavy (non-hydrogen) atoms. The van der Waals surface area contributed by atoms with Gasteiger partial charge in [0.2, 0.25) is 5.88 Å². The van der Waals surface area contributed by atoms with Gasteiger partial charge in [0.25, 0.3) is 5.91 Å². The van der Waals surface area contributed by atoms with Gasteiger partial charge < -0.3 is 14.4 Å². The van der Waals surface area contributed by atoms with Gasteiger partial charge in [-0.15, -0.1) is 0 Å². The Bertz CT molecular complexity index is 708. The van der Waals surface area contributed by atoms with Crippen LogP contribution in [0.25, 0.3) is 0 Å². The van der Waals surface area contributed by atoms with Crippen molar-refractivity contribution >= 4 is 11.6 Å². The average Bonchev–Trinajstić information content (AvgIpc) is 3.24. The number of para-hydroxylation sites is 1. The fraction of sp³-hybridized carbons (Fsp3) is 0.333. The molecule has 0 bridgehead atoms. The highest BCUT2D eigenvalue weighted by Crippen LogP contribution is 2.29. The lowest BCUT2D eigenvalue weighted by Gasteiger charge is -2.17. The van der Waals surface area contributed by atoms with Gasteiger partial charge in [-0.1, -0.05) is 18.2 Å². The summed E-state index contributed by atoms with van der Waals surface area (Å²) < 4.78 is 11.0. The van der Waals surface area contributed by atoms with E-state index < -0.39 is 0 Å². The predicted octanol–water partition coefficient (Wildman–Crippen LogP) is 2.45. The van der Waals surface area contributed by atoms with Gasteiger partial charge in [-0.05, 0) is 24.1 Å². The van der Waals surface area contributed by atoms with Gasteiger partial charge in [0.1, 0.15) is 6.10 Å². The number of benzene rings is 1. The molecule has 0 aliphatic carbocycles. The maximum atomic E-state index is 12.7. The third kappa shape index (κ3) is 2.80. The van der Waals surface area contributed by atoms with Gasteiger partial charge in [-0.2, -0.15) is 0 Å². The summed E-state index contributed by atoms with van der Waals surface area (Å²) >= 11 is 0. The molecule has 0 spiro atoms. The quantitative estimate of drug-likeness (QED) is 0.874. The van der Waals surface area contributed by atoms with Crippen LogP contribution in [-0.4, -0.2) is 36.8 Å². The summed E-state index contributed by atoms with van der Waals surface area (Å²) in [6.45, 7) is 2.05. The molecule has 5 heteroatoms. The second-order valence-electron chi connectivity index (χ2n) is 5.82. The fourth-order valence-corrected chi connectivity index (χ4v) is 3.06. The van der Waals surface area contributed by atoms with Crippen molar-refractivity contribution < 1.29 is 14.3 Å². The molecule has 118 valence electrons. The van der Waals surface area contributed by atoms with E-state index >= 15 is 0 Å². The average molecular weight is 310 g/mol. The Balaban J connectivity index is 1.49. The summed E-state index contributed by atoms with van der Waals surface area (Å²) in [6.07, 6.45) is 3.44. The molecule has 4 rings (SSSR count). The predicted molar refractivity (Wildman–Crippen MR) is 85.9 cm³/mol. The van der Waals surface area contributed by atoms with E-state index in [1.54, 1.807) is 18.3 Å². The smallest absolute Gasteiger partial charge is 0.259 e. The van der Waals surface area contributed by atoms with Crippen LogP contribution in [0.15, 0.2) is 42.6 Å². The van der Waals surface area contributed by atoms with Gasteiger partial charge in [-0.25, -0.2) is 4.98 Å². The first-order chi connectivity index (χ1) is 11.3. The maximum Gasteiger partial charge on any atom is 0.259 e. The van der Waals surface area contributed by atoms with E-state index in [4.69, 9.17) is 9.47 Å². The number of aromatic nitrogens is 1. The number of anilines is 1. The van der Waals surface area contributed by atoms with E-state index in [2.05, 4.69) is 11.1 Å². The first kappa shape index (κ1) is 14.2. The number of hydrogen-bond acceptors (Lipinski definition) is 4. The van der Waals surface area contributed by atoms with Crippen molar-refractivity contribution in [3.8, 4) is 5.88 Å². The Labute approximate surface area is 134 Å². The zero-order valence-corrected chi connectivity index (χ0v) is 12.8. The molecule has 1 amide bonds. The number of amides is 1. The minimum atomic E-state index is -0.0156. The summed E-state index contributed by atoms with van der Waals surface area (Å²) in [5.41, 5.74) is 2.80. The number of nitrogens with zero attached hydrogens (tertiary/aromatic N) is 2. The molecule has 0 N–H and O–H groups in total. The largest absolute Gasteiger partial charge is 0.472 e. The van der Waals surface area contributed by atoms with Crippen LogP contribution in [0.2, 0.25) is 0 Å². The lowest BCUT2D eigenvalue weighted by molar-refractivity contribution is 0.0988. The van der Waals surface area contributed by atoms with Crippen LogP contribution in [0.3, 0.4) is 0 Å².